The van der Waals surface area contributed by atoms with Gasteiger partial charge in [0.25, 0.3) is 0 Å². The van der Waals surface area contributed by atoms with Crippen LogP contribution in [0.1, 0.15) is 6.92 Å². The lowest BCUT2D eigenvalue weighted by molar-refractivity contribution is 0.710. The van der Waals surface area contributed by atoms with Crippen molar-refractivity contribution in [2.75, 3.05) is 18.5 Å². The van der Waals surface area contributed by atoms with Crippen LogP contribution in [0.4, 0.5) is 5.82 Å². The predicted molar refractivity (Wildman–Crippen MR) is 56.7 cm³/mol. The van der Waals surface area contributed by atoms with E-state index in [0.29, 0.717) is 0 Å². The minimum Gasteiger partial charge on any atom is -0.357 e. The van der Waals surface area contributed by atoms with E-state index >= 15 is 0 Å². The molecule has 5 heteroatoms. The molecule has 0 aliphatic heterocycles. The highest BCUT2D eigenvalue weighted by atomic mass is 79.9. The van der Waals surface area contributed by atoms with E-state index in [1.807, 2.05) is 18.9 Å². The zero-order valence-corrected chi connectivity index (χ0v) is 9.32. The summed E-state index contributed by atoms with van der Waals surface area (Å²) in [7, 11) is 1.95. The first-order valence-electron chi connectivity index (χ1n) is 4.03. The molecule has 0 aromatic carbocycles. The summed E-state index contributed by atoms with van der Waals surface area (Å²) < 4.78 is 0.887. The van der Waals surface area contributed by atoms with Crippen molar-refractivity contribution in [2.24, 2.45) is 5.73 Å². The molecule has 0 saturated carbocycles. The van der Waals surface area contributed by atoms with Gasteiger partial charge in [0.2, 0.25) is 0 Å². The lowest BCUT2D eigenvalue weighted by atomic mass is 10.3. The van der Waals surface area contributed by atoms with Gasteiger partial charge in [-0.3, -0.25) is 0 Å². The van der Waals surface area contributed by atoms with Crippen molar-refractivity contribution in [3.8, 4) is 0 Å². The highest BCUT2D eigenvalue weighted by molar-refractivity contribution is 9.10. The van der Waals surface area contributed by atoms with Gasteiger partial charge in [0, 0.05) is 25.8 Å². The topological polar surface area (TPSA) is 55.0 Å². The second kappa shape index (κ2) is 4.53. The molecule has 13 heavy (non-hydrogen) atoms. The molecule has 0 amide bonds. The molecule has 4 nitrogen and oxygen atoms in total. The Labute approximate surface area is 86.3 Å². The second-order valence-corrected chi connectivity index (χ2v) is 3.91. The first-order valence-corrected chi connectivity index (χ1v) is 4.82. The predicted octanol–water partition coefficient (Wildman–Crippen LogP) is 1.02. The monoisotopic (exact) mass is 244 g/mol. The van der Waals surface area contributed by atoms with Crippen molar-refractivity contribution in [3.63, 3.8) is 0 Å². The average molecular weight is 245 g/mol. The average Bonchev–Trinajstić information content (AvgIpc) is 2.03. The summed E-state index contributed by atoms with van der Waals surface area (Å²) in [5.74, 6) is 0.868. The Morgan fingerprint density at radius 1 is 1.69 bits per heavy atom. The summed E-state index contributed by atoms with van der Waals surface area (Å²) in [5, 5.41) is 0. The summed E-state index contributed by atoms with van der Waals surface area (Å²) in [4.78, 5) is 10.0. The molecule has 1 aromatic rings. The van der Waals surface area contributed by atoms with Gasteiger partial charge < -0.3 is 10.6 Å². The number of aromatic nitrogens is 2. The Bertz CT molecular complexity index is 277. The maximum Gasteiger partial charge on any atom is 0.146 e. The number of halogens is 1. The number of nitrogens with two attached hydrogens (primary N) is 1. The van der Waals surface area contributed by atoms with Crippen LogP contribution in [0.5, 0.6) is 0 Å². The molecule has 0 saturated heterocycles. The van der Waals surface area contributed by atoms with Crippen LogP contribution in [0.15, 0.2) is 17.0 Å². The molecule has 0 fully saturated rings. The minimum atomic E-state index is 0.131. The van der Waals surface area contributed by atoms with Gasteiger partial charge in [0.15, 0.2) is 0 Å². The van der Waals surface area contributed by atoms with Crippen molar-refractivity contribution in [1.29, 1.82) is 0 Å². The Morgan fingerprint density at radius 2 is 2.38 bits per heavy atom. The number of hydrogen-bond donors (Lipinski definition) is 1. The van der Waals surface area contributed by atoms with Gasteiger partial charge >= 0.3 is 0 Å². The summed E-state index contributed by atoms with van der Waals surface area (Å²) in [6.07, 6.45) is 3.25. The molecule has 1 atom stereocenters. The maximum atomic E-state index is 5.68. The third-order valence-electron chi connectivity index (χ3n) is 1.57. The number of nitrogens with zero attached hydrogens (tertiary/aromatic N) is 3. The zero-order valence-electron chi connectivity index (χ0n) is 7.74. The van der Waals surface area contributed by atoms with Crippen LogP contribution in [0.25, 0.3) is 0 Å². The van der Waals surface area contributed by atoms with Crippen molar-refractivity contribution in [2.45, 2.75) is 13.0 Å². The van der Waals surface area contributed by atoms with Gasteiger partial charge in [-0.05, 0) is 22.9 Å². The van der Waals surface area contributed by atoms with Gasteiger partial charge in [-0.1, -0.05) is 0 Å². The quantitative estimate of drug-likeness (QED) is 0.863. The third-order valence-corrected chi connectivity index (χ3v) is 2.13. The van der Waals surface area contributed by atoms with Crippen LogP contribution >= 0.6 is 15.9 Å². The molecule has 0 aliphatic rings. The Kier molecular flexibility index (Phi) is 3.62. The van der Waals surface area contributed by atoms with E-state index in [1.165, 1.54) is 6.33 Å². The normalized spacial score (nSPS) is 12.6. The first kappa shape index (κ1) is 10.4. The third kappa shape index (κ3) is 2.93. The van der Waals surface area contributed by atoms with E-state index < -0.39 is 0 Å². The van der Waals surface area contributed by atoms with Crippen molar-refractivity contribution in [1.82, 2.24) is 9.97 Å². The van der Waals surface area contributed by atoms with E-state index in [9.17, 15) is 0 Å². The fourth-order valence-corrected chi connectivity index (χ4v) is 1.63. The van der Waals surface area contributed by atoms with E-state index in [0.717, 1.165) is 16.8 Å². The summed E-state index contributed by atoms with van der Waals surface area (Å²) >= 11 is 3.38. The fraction of sp³-hybridized carbons (Fsp3) is 0.500. The van der Waals surface area contributed by atoms with Crippen LogP contribution in [-0.4, -0.2) is 29.6 Å². The Hall–Kier alpha value is -0.680. The van der Waals surface area contributed by atoms with Crippen LogP contribution in [-0.2, 0) is 0 Å². The minimum absolute atomic E-state index is 0.131. The van der Waals surface area contributed by atoms with Gasteiger partial charge in [-0.15, -0.1) is 0 Å². The molecule has 0 aliphatic carbocycles. The molecule has 0 radical (unpaired) electrons. The van der Waals surface area contributed by atoms with Crippen molar-refractivity contribution in [3.05, 3.63) is 17.0 Å². The largest absolute Gasteiger partial charge is 0.357 e. The molecule has 1 heterocycles. The van der Waals surface area contributed by atoms with Gasteiger partial charge in [-0.25, -0.2) is 9.97 Å². The summed E-state index contributed by atoms with van der Waals surface area (Å²) in [6, 6.07) is 0.131. The maximum absolute atomic E-state index is 5.68. The lowest BCUT2D eigenvalue weighted by Gasteiger charge is -2.20. The molecule has 1 aromatic heterocycles. The SMILES string of the molecule is CC(N)CN(C)c1ncncc1Br. The molecule has 1 unspecified atom stereocenters. The first-order chi connectivity index (χ1) is 6.11. The highest BCUT2D eigenvalue weighted by Crippen LogP contribution is 2.20. The van der Waals surface area contributed by atoms with E-state index in [1.54, 1.807) is 6.20 Å². The number of anilines is 1. The molecule has 0 spiro atoms. The second-order valence-electron chi connectivity index (χ2n) is 3.05. The van der Waals surface area contributed by atoms with E-state index in [4.69, 9.17) is 5.73 Å². The Balaban J connectivity index is 2.76. The molecular formula is C8H13BrN4. The van der Waals surface area contributed by atoms with Crippen LogP contribution < -0.4 is 10.6 Å². The summed E-state index contributed by atoms with van der Waals surface area (Å²) in [5.41, 5.74) is 5.68. The standard InChI is InChI=1S/C8H13BrN4/c1-6(10)4-13(2)8-7(9)3-11-5-12-8/h3,5-6H,4,10H2,1-2H3. The number of likely N-dealkylation sites (N-methyl/N-ethyl adjacent to an activating group) is 1. The van der Waals surface area contributed by atoms with Gasteiger partial charge in [-0.2, -0.15) is 0 Å². The Morgan fingerprint density at radius 3 is 2.92 bits per heavy atom. The van der Waals surface area contributed by atoms with Crippen molar-refractivity contribution >= 4 is 21.7 Å². The molecular weight excluding hydrogens is 232 g/mol. The fourth-order valence-electron chi connectivity index (χ4n) is 1.11. The van der Waals surface area contributed by atoms with Gasteiger partial charge in [0.1, 0.15) is 12.1 Å². The van der Waals surface area contributed by atoms with Crippen LogP contribution in [0.2, 0.25) is 0 Å². The van der Waals surface area contributed by atoms with Crippen molar-refractivity contribution < 1.29 is 0 Å². The van der Waals surface area contributed by atoms with Crippen LogP contribution in [0, 0.1) is 0 Å². The molecule has 0 bridgehead atoms. The van der Waals surface area contributed by atoms with E-state index in [-0.39, 0.29) is 6.04 Å². The van der Waals surface area contributed by atoms with E-state index in [2.05, 4.69) is 25.9 Å². The number of rotatable bonds is 3. The van der Waals surface area contributed by atoms with Crippen LogP contribution in [0.3, 0.4) is 0 Å². The zero-order chi connectivity index (χ0) is 9.84. The smallest absolute Gasteiger partial charge is 0.146 e. The molecule has 1 rings (SSSR count). The lowest BCUT2D eigenvalue weighted by Crippen LogP contribution is -2.33. The molecule has 72 valence electrons. The molecule has 2 N–H and O–H groups in total. The van der Waals surface area contributed by atoms with Gasteiger partial charge in [0.05, 0.1) is 4.47 Å². The number of hydrogen-bond acceptors (Lipinski definition) is 4. The summed E-state index contributed by atoms with van der Waals surface area (Å²) in [6.45, 7) is 2.74. The highest BCUT2D eigenvalue weighted by Gasteiger charge is 2.07.